The van der Waals surface area contributed by atoms with Gasteiger partial charge < -0.3 is 29.7 Å². The minimum absolute atomic E-state index is 0.00126. The molecule has 0 spiro atoms. The zero-order valence-electron chi connectivity index (χ0n) is 20.9. The monoisotopic (exact) mass is 548 g/mol. The number of benzene rings is 1. The number of amides is 1. The van der Waals surface area contributed by atoms with Crippen LogP contribution >= 0.6 is 0 Å². The van der Waals surface area contributed by atoms with Crippen LogP contribution < -0.4 is 25.0 Å². The minimum Gasteiger partial charge on any atom is -0.494 e. The number of halogens is 4. The summed E-state index contributed by atoms with van der Waals surface area (Å²) in [5.74, 6) is -5.83. The van der Waals surface area contributed by atoms with Crippen LogP contribution in [-0.4, -0.2) is 79.4 Å². The maximum atomic E-state index is 15.2. The molecule has 0 radical (unpaired) electrons. The molecule has 0 bridgehead atoms. The molecule has 39 heavy (non-hydrogen) atoms. The molecule has 1 aromatic carbocycles. The Labute approximate surface area is 220 Å². The molecule has 0 unspecified atom stereocenters. The highest BCUT2D eigenvalue weighted by Gasteiger charge is 2.45. The number of nitrogens with one attached hydrogen (secondary N) is 2. The highest BCUT2D eigenvalue weighted by atomic mass is 19.3. The van der Waals surface area contributed by atoms with Gasteiger partial charge in [0.05, 0.1) is 63.9 Å². The first-order valence-corrected chi connectivity index (χ1v) is 11.8. The van der Waals surface area contributed by atoms with E-state index in [4.69, 9.17) is 14.2 Å². The van der Waals surface area contributed by atoms with Gasteiger partial charge in [-0.2, -0.15) is 0 Å². The number of rotatable bonds is 8. The number of nitrogens with zero attached hydrogens (tertiary/aromatic N) is 4. The van der Waals surface area contributed by atoms with Crippen LogP contribution in [0.15, 0.2) is 31.0 Å². The summed E-state index contributed by atoms with van der Waals surface area (Å²) in [5, 5.41) is 6.14. The van der Waals surface area contributed by atoms with Crippen molar-refractivity contribution in [1.82, 2.24) is 20.3 Å². The standard InChI is InChI=1S/C25H24F4N6O4/c1-4-18(36)31-14-8-39-9-15(14)33-24-30-7-12-5-13(19-20(26)16(37-2)6-17(38-3)21(19)27)32-23(22(12)34-24)35-10-25(28,29)11-35/h4-7,14-15H,1,8-11H2,2-3H3,(H,31,36)(H,30,33,34)/t14-,15+/m0/s1. The SMILES string of the molecule is C=CC(=O)N[C@H]1COC[C@H]1Nc1ncc2cc(-c3c(F)c(OC)cc(OC)c3F)nc(N3CC(F)(F)C3)c2n1. The number of fused-ring (bicyclic) bond motifs is 1. The van der Waals surface area contributed by atoms with Crippen molar-refractivity contribution in [1.29, 1.82) is 0 Å². The molecular formula is C25H24F4N6O4. The fourth-order valence-electron chi connectivity index (χ4n) is 4.46. The Hall–Kier alpha value is -4.20. The number of alkyl halides is 2. The van der Waals surface area contributed by atoms with Gasteiger partial charge in [0, 0.05) is 17.6 Å². The molecule has 2 N–H and O–H groups in total. The van der Waals surface area contributed by atoms with E-state index in [0.717, 1.165) is 12.1 Å². The van der Waals surface area contributed by atoms with Crippen LogP contribution in [0.5, 0.6) is 11.5 Å². The lowest BCUT2D eigenvalue weighted by Gasteiger charge is -2.39. The average Bonchev–Trinajstić information content (AvgIpc) is 3.33. The summed E-state index contributed by atoms with van der Waals surface area (Å²) in [6, 6.07) is 1.64. The molecule has 1 amide bonds. The smallest absolute Gasteiger partial charge is 0.282 e. The second-order valence-corrected chi connectivity index (χ2v) is 9.07. The lowest BCUT2D eigenvalue weighted by atomic mass is 10.1. The zero-order chi connectivity index (χ0) is 27.9. The van der Waals surface area contributed by atoms with Gasteiger partial charge in [0.15, 0.2) is 29.0 Å². The minimum atomic E-state index is -2.95. The fraction of sp³-hybridized carbons (Fsp3) is 0.360. The van der Waals surface area contributed by atoms with E-state index in [9.17, 15) is 13.6 Å². The lowest BCUT2D eigenvalue weighted by Crippen LogP contribution is -2.56. The summed E-state index contributed by atoms with van der Waals surface area (Å²) >= 11 is 0. The van der Waals surface area contributed by atoms with E-state index in [1.165, 1.54) is 31.4 Å². The third-order valence-corrected chi connectivity index (χ3v) is 6.43. The van der Waals surface area contributed by atoms with Gasteiger partial charge in [-0.3, -0.25) is 4.79 Å². The van der Waals surface area contributed by atoms with E-state index >= 15 is 8.78 Å². The van der Waals surface area contributed by atoms with Gasteiger partial charge in [0.25, 0.3) is 5.92 Å². The van der Waals surface area contributed by atoms with Crippen molar-refractivity contribution in [2.24, 2.45) is 0 Å². The highest BCUT2D eigenvalue weighted by Crippen LogP contribution is 2.41. The Bertz CT molecular complexity index is 1420. The Morgan fingerprint density at radius 2 is 1.79 bits per heavy atom. The molecule has 2 aliphatic rings. The molecule has 5 rings (SSSR count). The number of aromatic nitrogens is 3. The van der Waals surface area contributed by atoms with Crippen molar-refractivity contribution < 1.29 is 36.6 Å². The van der Waals surface area contributed by atoms with Crippen LogP contribution in [-0.2, 0) is 9.53 Å². The number of hydrogen-bond acceptors (Lipinski definition) is 9. The molecule has 2 saturated heterocycles. The summed E-state index contributed by atoms with van der Waals surface area (Å²) in [4.78, 5) is 26.1. The van der Waals surface area contributed by atoms with Crippen molar-refractivity contribution in [3.8, 4) is 22.8 Å². The summed E-state index contributed by atoms with van der Waals surface area (Å²) in [5.41, 5.74) is -0.540. The normalized spacial score (nSPS) is 19.9. The quantitative estimate of drug-likeness (QED) is 0.324. The number of methoxy groups -OCH3 is 2. The predicted molar refractivity (Wildman–Crippen MR) is 133 cm³/mol. The van der Waals surface area contributed by atoms with Crippen LogP contribution in [0.2, 0.25) is 0 Å². The summed E-state index contributed by atoms with van der Waals surface area (Å²) in [7, 11) is 2.43. The molecule has 10 nitrogen and oxygen atoms in total. The number of hydrogen-bond donors (Lipinski definition) is 2. The zero-order valence-corrected chi connectivity index (χ0v) is 20.9. The van der Waals surface area contributed by atoms with Crippen molar-refractivity contribution in [3.63, 3.8) is 0 Å². The molecule has 0 aliphatic carbocycles. The second-order valence-electron chi connectivity index (χ2n) is 9.07. The Morgan fingerprint density at radius 3 is 2.41 bits per heavy atom. The molecule has 2 fully saturated rings. The van der Waals surface area contributed by atoms with Gasteiger partial charge in [-0.1, -0.05) is 6.58 Å². The average molecular weight is 548 g/mol. The molecule has 2 atom stereocenters. The van der Waals surface area contributed by atoms with Gasteiger partial charge in [-0.05, 0) is 12.1 Å². The fourth-order valence-corrected chi connectivity index (χ4v) is 4.46. The Morgan fingerprint density at radius 1 is 1.13 bits per heavy atom. The van der Waals surface area contributed by atoms with Crippen LogP contribution in [0.25, 0.3) is 22.2 Å². The number of ether oxygens (including phenoxy) is 3. The van der Waals surface area contributed by atoms with Gasteiger partial charge >= 0.3 is 0 Å². The van der Waals surface area contributed by atoms with Crippen molar-refractivity contribution in [2.45, 2.75) is 18.0 Å². The molecule has 4 heterocycles. The van der Waals surface area contributed by atoms with Crippen LogP contribution in [0.3, 0.4) is 0 Å². The molecule has 2 aromatic heterocycles. The second kappa shape index (κ2) is 10.2. The lowest BCUT2D eigenvalue weighted by molar-refractivity contribution is -0.117. The van der Waals surface area contributed by atoms with Gasteiger partial charge in [-0.15, -0.1) is 0 Å². The predicted octanol–water partition coefficient (Wildman–Crippen LogP) is 2.92. The molecule has 2 aliphatic heterocycles. The van der Waals surface area contributed by atoms with E-state index in [1.54, 1.807) is 0 Å². The van der Waals surface area contributed by atoms with Crippen LogP contribution in [0.4, 0.5) is 29.3 Å². The van der Waals surface area contributed by atoms with Crippen LogP contribution in [0, 0.1) is 11.6 Å². The summed E-state index contributed by atoms with van der Waals surface area (Å²) in [6.07, 6.45) is 2.53. The molecule has 0 saturated carbocycles. The number of carbonyl (C=O) groups excluding carboxylic acids is 1. The Kier molecular flexibility index (Phi) is 6.89. The topological polar surface area (TPSA) is 111 Å². The molecule has 14 heteroatoms. The highest BCUT2D eigenvalue weighted by molar-refractivity contribution is 5.93. The van der Waals surface area contributed by atoms with Gasteiger partial charge in [-0.25, -0.2) is 32.5 Å². The van der Waals surface area contributed by atoms with E-state index < -0.39 is 42.3 Å². The van der Waals surface area contributed by atoms with E-state index in [1.807, 2.05) is 0 Å². The third kappa shape index (κ3) is 4.99. The summed E-state index contributed by atoms with van der Waals surface area (Å²) < 4.78 is 73.6. The molecule has 3 aromatic rings. The molecular weight excluding hydrogens is 524 g/mol. The first kappa shape index (κ1) is 26.4. The van der Waals surface area contributed by atoms with Gasteiger partial charge in [0.2, 0.25) is 11.9 Å². The number of carbonyl (C=O) groups is 1. The maximum absolute atomic E-state index is 15.2. The number of pyridine rings is 1. The van der Waals surface area contributed by atoms with E-state index in [-0.39, 0.29) is 59.6 Å². The molecule has 206 valence electrons. The first-order valence-electron chi connectivity index (χ1n) is 11.8. The largest absolute Gasteiger partial charge is 0.494 e. The summed E-state index contributed by atoms with van der Waals surface area (Å²) in [6.45, 7) is 2.64. The number of anilines is 2. The van der Waals surface area contributed by atoms with Crippen molar-refractivity contribution >= 4 is 28.6 Å². The van der Waals surface area contributed by atoms with E-state index in [2.05, 4.69) is 32.2 Å². The van der Waals surface area contributed by atoms with E-state index in [0.29, 0.717) is 5.39 Å². The third-order valence-electron chi connectivity index (χ3n) is 6.43. The van der Waals surface area contributed by atoms with Crippen LogP contribution in [0.1, 0.15) is 0 Å². The van der Waals surface area contributed by atoms with Crippen molar-refractivity contribution in [2.75, 3.05) is 50.7 Å². The first-order chi connectivity index (χ1) is 18.6. The maximum Gasteiger partial charge on any atom is 0.282 e. The van der Waals surface area contributed by atoms with Crippen molar-refractivity contribution in [3.05, 3.63) is 42.6 Å². The Balaban J connectivity index is 1.58. The van der Waals surface area contributed by atoms with Gasteiger partial charge in [0.1, 0.15) is 5.52 Å².